The largest absolute Gasteiger partial charge is 0.481 e. The van der Waals surface area contributed by atoms with Gasteiger partial charge in [0.1, 0.15) is 6.42 Å². The number of rotatable bonds is 7. The summed E-state index contributed by atoms with van der Waals surface area (Å²) in [5.74, 6) is -4.25. The first-order valence-electron chi connectivity index (χ1n) is 7.33. The van der Waals surface area contributed by atoms with Crippen LogP contribution in [0.15, 0.2) is 24.3 Å². The van der Waals surface area contributed by atoms with Crippen LogP contribution < -0.4 is 0 Å². The van der Waals surface area contributed by atoms with Crippen LogP contribution in [0.5, 0.6) is 0 Å². The average Bonchev–Trinajstić information content (AvgIpc) is 2.76. The van der Waals surface area contributed by atoms with Crippen LogP contribution >= 0.6 is 0 Å². The number of ether oxygens (including phenoxy) is 2. The van der Waals surface area contributed by atoms with E-state index in [9.17, 15) is 24.0 Å². The van der Waals surface area contributed by atoms with Crippen molar-refractivity contribution in [1.29, 1.82) is 0 Å². The molecule has 9 heteroatoms. The molecule has 0 fully saturated rings. The number of carbonyl (C=O) groups is 5. The van der Waals surface area contributed by atoms with E-state index in [1.54, 1.807) is 12.1 Å². The zero-order chi connectivity index (χ0) is 18.6. The summed E-state index contributed by atoms with van der Waals surface area (Å²) in [5.41, 5.74) is 0.527. The molecule has 2 rings (SSSR count). The molecule has 1 aliphatic heterocycles. The number of hydrogen-bond acceptors (Lipinski definition) is 7. The van der Waals surface area contributed by atoms with E-state index in [1.165, 1.54) is 12.1 Å². The van der Waals surface area contributed by atoms with Gasteiger partial charge in [-0.05, 0) is 12.1 Å². The smallest absolute Gasteiger partial charge is 0.320 e. The van der Waals surface area contributed by atoms with Crippen LogP contribution in [0.2, 0.25) is 0 Å². The van der Waals surface area contributed by atoms with Crippen LogP contribution in [0.4, 0.5) is 0 Å². The molecule has 0 spiro atoms. The Labute approximate surface area is 142 Å². The number of benzene rings is 1. The molecule has 1 aliphatic rings. The molecule has 25 heavy (non-hydrogen) atoms. The molecule has 1 heterocycles. The number of amides is 2. The van der Waals surface area contributed by atoms with Gasteiger partial charge in [0.15, 0.2) is 0 Å². The molecule has 1 N–H and O–H groups in total. The Balaban J connectivity index is 2.02. The van der Waals surface area contributed by atoms with Crippen molar-refractivity contribution < 1.29 is 38.6 Å². The van der Waals surface area contributed by atoms with E-state index in [1.807, 2.05) is 0 Å². The predicted octanol–water partition coefficient (Wildman–Crippen LogP) is 0.580. The van der Waals surface area contributed by atoms with E-state index in [0.29, 0.717) is 0 Å². The van der Waals surface area contributed by atoms with Gasteiger partial charge in [0, 0.05) is 19.9 Å². The third-order valence-corrected chi connectivity index (χ3v) is 3.32. The predicted molar refractivity (Wildman–Crippen MR) is 80.3 cm³/mol. The summed E-state index contributed by atoms with van der Waals surface area (Å²) >= 11 is 0. The minimum absolute atomic E-state index is 0.162. The van der Waals surface area contributed by atoms with Gasteiger partial charge in [0.05, 0.1) is 11.1 Å². The van der Waals surface area contributed by atoms with E-state index < -0.39 is 42.4 Å². The van der Waals surface area contributed by atoms with Crippen LogP contribution in [-0.2, 0) is 23.9 Å². The standard InChI is InChI=1S/C16H15NO8/c1-9(18)24-14(25-13(21)8-12(19)20)6-7-17-15(22)10-4-2-3-5-11(10)16(17)23/h2-5,14H,6-8H2,1H3,(H,19,20). The molecule has 0 saturated carbocycles. The summed E-state index contributed by atoms with van der Waals surface area (Å²) in [6, 6.07) is 6.30. The number of esters is 2. The highest BCUT2D eigenvalue weighted by atomic mass is 16.7. The summed E-state index contributed by atoms with van der Waals surface area (Å²) in [6.45, 7) is 0.921. The molecule has 1 atom stereocenters. The van der Waals surface area contributed by atoms with Crippen molar-refractivity contribution in [2.24, 2.45) is 0 Å². The number of aliphatic carboxylic acids is 1. The van der Waals surface area contributed by atoms with Crippen LogP contribution in [0.25, 0.3) is 0 Å². The molecule has 0 saturated heterocycles. The Morgan fingerprint density at radius 2 is 1.64 bits per heavy atom. The van der Waals surface area contributed by atoms with Gasteiger partial charge in [-0.1, -0.05) is 12.1 Å². The fraction of sp³-hybridized carbons (Fsp3) is 0.312. The molecule has 0 aliphatic carbocycles. The van der Waals surface area contributed by atoms with Crippen molar-refractivity contribution in [2.75, 3.05) is 6.54 Å². The van der Waals surface area contributed by atoms with Gasteiger partial charge < -0.3 is 14.6 Å². The summed E-state index contributed by atoms with van der Waals surface area (Å²) in [5, 5.41) is 8.54. The Morgan fingerprint density at radius 1 is 1.08 bits per heavy atom. The van der Waals surface area contributed by atoms with Gasteiger partial charge in [0.25, 0.3) is 11.8 Å². The van der Waals surface area contributed by atoms with Crippen LogP contribution in [0.1, 0.15) is 40.5 Å². The zero-order valence-electron chi connectivity index (χ0n) is 13.3. The van der Waals surface area contributed by atoms with Crippen molar-refractivity contribution in [3.8, 4) is 0 Å². The van der Waals surface area contributed by atoms with Crippen molar-refractivity contribution in [3.05, 3.63) is 35.4 Å². The van der Waals surface area contributed by atoms with Gasteiger partial charge in [-0.15, -0.1) is 0 Å². The zero-order valence-corrected chi connectivity index (χ0v) is 13.3. The topological polar surface area (TPSA) is 127 Å². The Morgan fingerprint density at radius 3 is 2.12 bits per heavy atom. The minimum atomic E-state index is -1.40. The van der Waals surface area contributed by atoms with E-state index in [2.05, 4.69) is 0 Å². The molecule has 1 unspecified atom stereocenters. The first kappa shape index (κ1) is 18.1. The molecule has 1 aromatic rings. The molecule has 132 valence electrons. The molecule has 9 nitrogen and oxygen atoms in total. The molecule has 1 aromatic carbocycles. The maximum Gasteiger partial charge on any atom is 0.320 e. The normalized spacial score (nSPS) is 14.0. The fourth-order valence-corrected chi connectivity index (χ4v) is 2.32. The van der Waals surface area contributed by atoms with Crippen molar-refractivity contribution in [1.82, 2.24) is 4.90 Å². The van der Waals surface area contributed by atoms with Crippen molar-refractivity contribution in [3.63, 3.8) is 0 Å². The average molecular weight is 349 g/mol. The number of imide groups is 1. The van der Waals surface area contributed by atoms with E-state index in [0.717, 1.165) is 11.8 Å². The summed E-state index contributed by atoms with van der Waals surface area (Å²) < 4.78 is 9.55. The number of carbonyl (C=O) groups excluding carboxylic acids is 4. The van der Waals surface area contributed by atoms with E-state index in [-0.39, 0.29) is 24.1 Å². The van der Waals surface area contributed by atoms with E-state index in [4.69, 9.17) is 14.6 Å². The lowest BCUT2D eigenvalue weighted by atomic mass is 10.1. The second kappa shape index (κ2) is 7.56. The number of nitrogens with zero attached hydrogens (tertiary/aromatic N) is 1. The van der Waals surface area contributed by atoms with Crippen molar-refractivity contribution >= 4 is 29.7 Å². The first-order valence-corrected chi connectivity index (χ1v) is 7.33. The molecule has 2 amide bonds. The van der Waals surface area contributed by atoms with Crippen LogP contribution in [-0.4, -0.2) is 52.6 Å². The summed E-state index contributed by atoms with van der Waals surface area (Å²) in [6.07, 6.45) is -2.46. The van der Waals surface area contributed by atoms with Gasteiger partial charge in [0.2, 0.25) is 6.29 Å². The van der Waals surface area contributed by atoms with E-state index >= 15 is 0 Å². The second-order valence-electron chi connectivity index (χ2n) is 5.20. The fourth-order valence-electron chi connectivity index (χ4n) is 2.32. The summed E-state index contributed by atoms with van der Waals surface area (Å²) in [4.78, 5) is 58.4. The van der Waals surface area contributed by atoms with Gasteiger partial charge in [-0.25, -0.2) is 0 Å². The lowest BCUT2D eigenvalue weighted by molar-refractivity contribution is -0.188. The number of fused-ring (bicyclic) bond motifs is 1. The summed E-state index contributed by atoms with van der Waals surface area (Å²) in [7, 11) is 0. The maximum absolute atomic E-state index is 12.2. The van der Waals surface area contributed by atoms with Crippen LogP contribution in [0, 0.1) is 0 Å². The van der Waals surface area contributed by atoms with Gasteiger partial charge >= 0.3 is 17.9 Å². The molecule has 0 radical (unpaired) electrons. The maximum atomic E-state index is 12.2. The number of carboxylic acid groups (broad SMARTS) is 1. The highest BCUT2D eigenvalue weighted by Crippen LogP contribution is 2.23. The number of carboxylic acids is 1. The third-order valence-electron chi connectivity index (χ3n) is 3.32. The van der Waals surface area contributed by atoms with Crippen molar-refractivity contribution in [2.45, 2.75) is 26.1 Å². The second-order valence-corrected chi connectivity index (χ2v) is 5.20. The minimum Gasteiger partial charge on any atom is -0.481 e. The van der Waals surface area contributed by atoms with Crippen LogP contribution in [0.3, 0.4) is 0 Å². The van der Waals surface area contributed by atoms with Gasteiger partial charge in [-0.3, -0.25) is 28.9 Å². The molecule has 0 aromatic heterocycles. The third kappa shape index (κ3) is 4.40. The molecular formula is C16H15NO8. The molecule has 0 bridgehead atoms. The highest BCUT2D eigenvalue weighted by Gasteiger charge is 2.35. The highest BCUT2D eigenvalue weighted by molar-refractivity contribution is 6.21. The quantitative estimate of drug-likeness (QED) is 0.328. The molecular weight excluding hydrogens is 334 g/mol. The van der Waals surface area contributed by atoms with Gasteiger partial charge in [-0.2, -0.15) is 0 Å². The Kier molecular flexibility index (Phi) is 5.48. The lowest BCUT2D eigenvalue weighted by Crippen LogP contribution is -2.35. The Bertz CT molecular complexity index is 706. The monoisotopic (exact) mass is 349 g/mol. The number of hydrogen-bond donors (Lipinski definition) is 1. The first-order chi connectivity index (χ1) is 11.8. The Hall–Kier alpha value is -3.23. The SMILES string of the molecule is CC(=O)OC(CCN1C(=O)c2ccccc2C1=O)OC(=O)CC(=O)O. The lowest BCUT2D eigenvalue weighted by Gasteiger charge is -2.20.